The fraction of sp³-hybridized carbons (Fsp3) is 0.200. The average molecular weight is 292 g/mol. The Morgan fingerprint density at radius 1 is 1.47 bits per heavy atom. The maximum absolute atomic E-state index is 11.2. The molecule has 1 aromatic rings. The maximum Gasteiger partial charge on any atom is 0.336 e. The van der Waals surface area contributed by atoms with E-state index in [4.69, 9.17) is 16.7 Å². The summed E-state index contributed by atoms with van der Waals surface area (Å²) in [5.74, 6) is -1.29. The molecular formula is C10H8BrClO3. The second-order valence-electron chi connectivity index (χ2n) is 2.98. The summed E-state index contributed by atoms with van der Waals surface area (Å²) in [6, 6.07) is 4.51. The van der Waals surface area contributed by atoms with Crippen molar-refractivity contribution in [1.82, 2.24) is 0 Å². The number of carboxylic acid groups (broad SMARTS) is 1. The van der Waals surface area contributed by atoms with Crippen molar-refractivity contribution in [2.24, 2.45) is 0 Å². The number of carboxylic acids is 1. The Morgan fingerprint density at radius 2 is 2.07 bits per heavy atom. The van der Waals surface area contributed by atoms with Crippen LogP contribution in [0, 0.1) is 0 Å². The molecule has 0 fully saturated rings. The van der Waals surface area contributed by atoms with Gasteiger partial charge in [0.2, 0.25) is 0 Å². The molecule has 3 nitrogen and oxygen atoms in total. The van der Waals surface area contributed by atoms with E-state index in [9.17, 15) is 9.59 Å². The number of hydrogen-bond donors (Lipinski definition) is 1. The molecule has 5 heteroatoms. The number of carbonyl (C=O) groups is 2. The first-order valence-corrected chi connectivity index (χ1v) is 5.40. The maximum atomic E-state index is 11.2. The molecule has 0 spiro atoms. The molecule has 1 aromatic carbocycles. The van der Waals surface area contributed by atoms with Crippen LogP contribution in [0.4, 0.5) is 0 Å². The predicted octanol–water partition coefficient (Wildman–Crippen LogP) is 3.06. The summed E-state index contributed by atoms with van der Waals surface area (Å²) < 4.78 is 0. The van der Waals surface area contributed by atoms with Gasteiger partial charge in [0.25, 0.3) is 0 Å². The number of alkyl halides is 1. The van der Waals surface area contributed by atoms with Gasteiger partial charge >= 0.3 is 5.97 Å². The molecule has 0 bridgehead atoms. The van der Waals surface area contributed by atoms with Gasteiger partial charge in [-0.3, -0.25) is 4.79 Å². The number of aromatic carboxylic acids is 1. The predicted molar refractivity (Wildman–Crippen MR) is 60.8 cm³/mol. The van der Waals surface area contributed by atoms with E-state index < -0.39 is 10.8 Å². The number of halogens is 2. The number of carbonyl (C=O) groups excluding carboxylic acids is 1. The smallest absolute Gasteiger partial charge is 0.336 e. The van der Waals surface area contributed by atoms with Crippen LogP contribution in [0.5, 0.6) is 0 Å². The van der Waals surface area contributed by atoms with Crippen LogP contribution >= 0.6 is 27.5 Å². The molecule has 0 aliphatic heterocycles. The van der Waals surface area contributed by atoms with E-state index in [2.05, 4.69) is 15.9 Å². The number of ketones is 1. The van der Waals surface area contributed by atoms with Crippen molar-refractivity contribution in [3.63, 3.8) is 0 Å². The zero-order valence-corrected chi connectivity index (χ0v) is 10.2. The Balaban J connectivity index is 3.37. The summed E-state index contributed by atoms with van der Waals surface area (Å²) in [5.41, 5.74) is 0.346. The van der Waals surface area contributed by atoms with E-state index >= 15 is 0 Å². The lowest BCUT2D eigenvalue weighted by Crippen LogP contribution is -2.09. The van der Waals surface area contributed by atoms with Crippen LogP contribution in [0.3, 0.4) is 0 Å². The standard InChI is InChI=1S/C10H8BrClO3/c1-5(13)9(11)8-6(10(14)15)3-2-4-7(8)12/h2-4,9H,1H3,(H,14,15). The molecule has 0 amide bonds. The van der Waals surface area contributed by atoms with Gasteiger partial charge in [-0.15, -0.1) is 0 Å². The third-order valence-electron chi connectivity index (χ3n) is 1.89. The van der Waals surface area contributed by atoms with Gasteiger partial charge in [0.05, 0.1) is 10.4 Å². The highest BCUT2D eigenvalue weighted by Gasteiger charge is 2.22. The average Bonchev–Trinajstić information content (AvgIpc) is 2.16. The third kappa shape index (κ3) is 2.58. The van der Waals surface area contributed by atoms with Crippen molar-refractivity contribution < 1.29 is 14.7 Å². The minimum Gasteiger partial charge on any atom is -0.478 e. The van der Waals surface area contributed by atoms with Crippen LogP contribution in [-0.2, 0) is 4.79 Å². The first kappa shape index (κ1) is 12.2. The van der Waals surface area contributed by atoms with E-state index in [0.29, 0.717) is 5.56 Å². The first-order valence-electron chi connectivity index (χ1n) is 4.11. The van der Waals surface area contributed by atoms with Gasteiger partial charge in [0, 0.05) is 10.6 Å². The van der Waals surface area contributed by atoms with Crippen molar-refractivity contribution in [3.8, 4) is 0 Å². The Kier molecular flexibility index (Phi) is 3.88. The molecule has 0 aliphatic rings. The molecular weight excluding hydrogens is 283 g/mol. The summed E-state index contributed by atoms with van der Waals surface area (Å²) in [6.45, 7) is 1.37. The zero-order chi connectivity index (χ0) is 11.6. The Bertz CT molecular complexity index is 417. The minimum atomic E-state index is -1.10. The SMILES string of the molecule is CC(=O)C(Br)c1c(Cl)cccc1C(=O)O. The zero-order valence-electron chi connectivity index (χ0n) is 7.83. The highest BCUT2D eigenvalue weighted by Crippen LogP contribution is 2.33. The van der Waals surface area contributed by atoms with Crippen molar-refractivity contribution >= 4 is 39.3 Å². The third-order valence-corrected chi connectivity index (χ3v) is 3.33. The number of benzene rings is 1. The van der Waals surface area contributed by atoms with Crippen LogP contribution in [0.2, 0.25) is 5.02 Å². The van der Waals surface area contributed by atoms with Crippen molar-refractivity contribution in [1.29, 1.82) is 0 Å². The molecule has 0 saturated heterocycles. The van der Waals surface area contributed by atoms with E-state index in [1.54, 1.807) is 6.07 Å². The van der Waals surface area contributed by atoms with E-state index in [0.717, 1.165) is 0 Å². The summed E-state index contributed by atoms with van der Waals surface area (Å²) in [7, 11) is 0. The van der Waals surface area contributed by atoms with Crippen molar-refractivity contribution in [3.05, 3.63) is 34.3 Å². The van der Waals surface area contributed by atoms with Gasteiger partial charge in [-0.2, -0.15) is 0 Å². The highest BCUT2D eigenvalue weighted by atomic mass is 79.9. The molecule has 1 unspecified atom stereocenters. The van der Waals surface area contributed by atoms with Gasteiger partial charge < -0.3 is 5.11 Å². The highest BCUT2D eigenvalue weighted by molar-refractivity contribution is 9.09. The fourth-order valence-electron chi connectivity index (χ4n) is 1.18. The molecule has 1 atom stereocenters. The van der Waals surface area contributed by atoms with Crippen LogP contribution in [-0.4, -0.2) is 16.9 Å². The Morgan fingerprint density at radius 3 is 2.53 bits per heavy atom. The molecule has 80 valence electrons. The molecule has 0 aliphatic carbocycles. The minimum absolute atomic E-state index is 0.0413. The van der Waals surface area contributed by atoms with E-state index in [1.807, 2.05) is 0 Å². The molecule has 1 N–H and O–H groups in total. The summed E-state index contributed by atoms with van der Waals surface area (Å²) in [4.78, 5) is 21.4. The van der Waals surface area contributed by atoms with E-state index in [-0.39, 0.29) is 16.4 Å². The molecule has 0 saturated carbocycles. The first-order chi connectivity index (χ1) is 6.95. The normalized spacial score (nSPS) is 12.2. The molecule has 15 heavy (non-hydrogen) atoms. The summed E-state index contributed by atoms with van der Waals surface area (Å²) >= 11 is 8.99. The van der Waals surface area contributed by atoms with Crippen LogP contribution in [0.1, 0.15) is 27.7 Å². The summed E-state index contributed by atoms with van der Waals surface area (Å²) in [6.07, 6.45) is 0. The quantitative estimate of drug-likeness (QED) is 0.871. The monoisotopic (exact) mass is 290 g/mol. The number of hydrogen-bond acceptors (Lipinski definition) is 2. The van der Waals surface area contributed by atoms with Crippen molar-refractivity contribution in [2.75, 3.05) is 0 Å². The van der Waals surface area contributed by atoms with Gasteiger partial charge in [-0.05, 0) is 19.1 Å². The lowest BCUT2D eigenvalue weighted by Gasteiger charge is -2.11. The van der Waals surface area contributed by atoms with Crippen LogP contribution < -0.4 is 0 Å². The second-order valence-corrected chi connectivity index (χ2v) is 4.30. The molecule has 0 aromatic heterocycles. The van der Waals surface area contributed by atoms with Crippen molar-refractivity contribution in [2.45, 2.75) is 11.8 Å². The number of rotatable bonds is 3. The number of Topliss-reactive ketones (excluding diaryl/α,β-unsaturated/α-hetero) is 1. The fourth-order valence-corrected chi connectivity index (χ4v) is 2.09. The molecule has 0 heterocycles. The van der Waals surface area contributed by atoms with Gasteiger partial charge in [-0.25, -0.2) is 4.79 Å². The lowest BCUT2D eigenvalue weighted by molar-refractivity contribution is -0.116. The topological polar surface area (TPSA) is 54.4 Å². The Labute approximate surface area is 100 Å². The van der Waals surface area contributed by atoms with Crippen LogP contribution in [0.15, 0.2) is 18.2 Å². The molecule has 1 rings (SSSR count). The Hall–Kier alpha value is -0.870. The molecule has 0 radical (unpaired) electrons. The van der Waals surface area contributed by atoms with Gasteiger partial charge in [0.1, 0.15) is 5.78 Å². The summed E-state index contributed by atoms with van der Waals surface area (Å²) in [5, 5.41) is 9.20. The largest absolute Gasteiger partial charge is 0.478 e. The van der Waals surface area contributed by atoms with E-state index in [1.165, 1.54) is 19.1 Å². The van der Waals surface area contributed by atoms with Crippen LogP contribution in [0.25, 0.3) is 0 Å². The van der Waals surface area contributed by atoms with Gasteiger partial charge in [0.15, 0.2) is 0 Å². The second kappa shape index (κ2) is 4.77. The van der Waals surface area contributed by atoms with Gasteiger partial charge in [-0.1, -0.05) is 33.6 Å². The lowest BCUT2D eigenvalue weighted by atomic mass is 10.0.